The molecule has 1 aliphatic heterocycles. The highest BCUT2D eigenvalue weighted by molar-refractivity contribution is 6.00. The van der Waals surface area contributed by atoms with Gasteiger partial charge in [0.25, 0.3) is 0 Å². The van der Waals surface area contributed by atoms with Crippen LogP contribution < -0.4 is 15.5 Å². The number of hydrogen-bond donors (Lipinski definition) is 3. The number of aromatic amines is 1. The third kappa shape index (κ3) is 3.13. The van der Waals surface area contributed by atoms with Crippen LogP contribution in [0.2, 0.25) is 0 Å². The predicted octanol–water partition coefficient (Wildman–Crippen LogP) is 2.36. The summed E-state index contributed by atoms with van der Waals surface area (Å²) in [7, 11) is 0. The van der Waals surface area contributed by atoms with E-state index in [1.165, 1.54) is 0 Å². The monoisotopic (exact) mass is 286 g/mol. The van der Waals surface area contributed by atoms with Gasteiger partial charge in [0.1, 0.15) is 0 Å². The van der Waals surface area contributed by atoms with E-state index >= 15 is 0 Å². The zero-order valence-corrected chi connectivity index (χ0v) is 11.9. The molecule has 0 aliphatic carbocycles. The average molecular weight is 286 g/mol. The molecule has 1 saturated heterocycles. The fourth-order valence-electron chi connectivity index (χ4n) is 2.43. The van der Waals surface area contributed by atoms with Crippen molar-refractivity contribution in [1.82, 2.24) is 15.2 Å². The summed E-state index contributed by atoms with van der Waals surface area (Å²) >= 11 is 0. The number of urea groups is 1. The lowest BCUT2D eigenvalue weighted by Crippen LogP contribution is -2.24. The number of pyridine rings is 1. The molecule has 3 heterocycles. The minimum atomic E-state index is -0.324. The molecule has 0 atom stereocenters. The number of H-pyrrole nitrogens is 1. The van der Waals surface area contributed by atoms with Crippen LogP contribution in [0.15, 0.2) is 24.4 Å². The number of carbonyl (C=O) groups is 1. The van der Waals surface area contributed by atoms with Gasteiger partial charge in [0.15, 0.2) is 11.6 Å². The van der Waals surface area contributed by atoms with Gasteiger partial charge in [0, 0.05) is 31.0 Å². The van der Waals surface area contributed by atoms with E-state index in [2.05, 4.69) is 30.7 Å². The average Bonchev–Trinajstić information content (AvgIpc) is 3.11. The molecule has 0 saturated carbocycles. The molecule has 0 radical (unpaired) electrons. The van der Waals surface area contributed by atoms with Crippen LogP contribution in [-0.2, 0) is 0 Å². The third-order valence-electron chi connectivity index (χ3n) is 3.39. The molecular weight excluding hydrogens is 268 g/mol. The maximum Gasteiger partial charge on any atom is 0.325 e. The maximum absolute atomic E-state index is 12.0. The number of carbonyl (C=O) groups excluding carboxylic acids is 1. The van der Waals surface area contributed by atoms with Crippen molar-refractivity contribution in [2.75, 3.05) is 28.6 Å². The van der Waals surface area contributed by atoms with Gasteiger partial charge in [-0.1, -0.05) is 0 Å². The van der Waals surface area contributed by atoms with Crippen molar-refractivity contribution in [2.24, 2.45) is 0 Å². The fraction of sp³-hybridized carbons (Fsp3) is 0.357. The second-order valence-corrected chi connectivity index (χ2v) is 5.08. The van der Waals surface area contributed by atoms with Crippen LogP contribution >= 0.6 is 0 Å². The molecule has 3 rings (SSSR count). The number of aromatic nitrogens is 3. The predicted molar refractivity (Wildman–Crippen MR) is 81.7 cm³/mol. The van der Waals surface area contributed by atoms with E-state index in [9.17, 15) is 4.79 Å². The molecule has 1 fully saturated rings. The molecule has 0 aromatic carbocycles. The summed E-state index contributed by atoms with van der Waals surface area (Å²) in [6.07, 6.45) is 4.07. The Labute approximate surface area is 122 Å². The number of anilines is 3. The van der Waals surface area contributed by atoms with Crippen LogP contribution in [0.25, 0.3) is 0 Å². The van der Waals surface area contributed by atoms with E-state index in [0.717, 1.165) is 37.4 Å². The third-order valence-corrected chi connectivity index (χ3v) is 3.39. The zero-order chi connectivity index (χ0) is 14.7. The Kier molecular flexibility index (Phi) is 3.72. The second kappa shape index (κ2) is 5.82. The topological polar surface area (TPSA) is 85.9 Å². The van der Waals surface area contributed by atoms with Crippen molar-refractivity contribution in [2.45, 2.75) is 19.8 Å². The first kappa shape index (κ1) is 13.4. The van der Waals surface area contributed by atoms with Gasteiger partial charge in [-0.25, -0.2) is 9.78 Å². The van der Waals surface area contributed by atoms with Crippen molar-refractivity contribution in [3.05, 3.63) is 30.1 Å². The summed E-state index contributed by atoms with van der Waals surface area (Å²) in [5.41, 5.74) is 1.61. The summed E-state index contributed by atoms with van der Waals surface area (Å²) < 4.78 is 0. The summed E-state index contributed by atoms with van der Waals surface area (Å²) in [6, 6.07) is 5.11. The van der Waals surface area contributed by atoms with Gasteiger partial charge >= 0.3 is 6.03 Å². The van der Waals surface area contributed by atoms with Crippen molar-refractivity contribution >= 4 is 23.4 Å². The molecule has 0 bridgehead atoms. The molecule has 0 unspecified atom stereocenters. The Balaban J connectivity index is 1.70. The van der Waals surface area contributed by atoms with Gasteiger partial charge in [-0.3, -0.25) is 10.4 Å². The lowest BCUT2D eigenvalue weighted by molar-refractivity contribution is 0.262. The lowest BCUT2D eigenvalue weighted by atomic mass is 10.3. The molecule has 7 nitrogen and oxygen atoms in total. The molecule has 7 heteroatoms. The minimum Gasteiger partial charge on any atom is -0.355 e. The Morgan fingerprint density at radius 3 is 2.86 bits per heavy atom. The number of nitrogens with zero attached hydrogens (tertiary/aromatic N) is 3. The standard InChI is InChI=1S/C14H18N6O/c1-10-9-12(19-18-10)17-14(21)16-11-5-4-6-15-13(11)20-7-2-3-8-20/h4-6,9H,2-3,7-8H2,1H3,(H3,16,17,18,19,21). The first-order chi connectivity index (χ1) is 10.2. The Morgan fingerprint density at radius 2 is 2.14 bits per heavy atom. The largest absolute Gasteiger partial charge is 0.355 e. The maximum atomic E-state index is 12.0. The SMILES string of the molecule is Cc1cc(NC(=O)Nc2cccnc2N2CCCC2)n[nH]1. The van der Waals surface area contributed by atoms with E-state index in [0.29, 0.717) is 11.5 Å². The minimum absolute atomic E-state index is 0.324. The lowest BCUT2D eigenvalue weighted by Gasteiger charge is -2.19. The van der Waals surface area contributed by atoms with Gasteiger partial charge in [-0.15, -0.1) is 0 Å². The van der Waals surface area contributed by atoms with Crippen LogP contribution in [0.1, 0.15) is 18.5 Å². The first-order valence-electron chi connectivity index (χ1n) is 7.02. The van der Waals surface area contributed by atoms with E-state index in [-0.39, 0.29) is 6.03 Å². The highest BCUT2D eigenvalue weighted by atomic mass is 16.2. The molecule has 110 valence electrons. The summed E-state index contributed by atoms with van der Waals surface area (Å²) in [6.45, 7) is 3.83. The van der Waals surface area contributed by atoms with E-state index in [1.807, 2.05) is 19.1 Å². The first-order valence-corrected chi connectivity index (χ1v) is 7.02. The van der Waals surface area contributed by atoms with Crippen LogP contribution in [0.4, 0.5) is 22.1 Å². The molecule has 1 aliphatic rings. The van der Waals surface area contributed by atoms with Crippen LogP contribution in [0.3, 0.4) is 0 Å². The quantitative estimate of drug-likeness (QED) is 0.808. The smallest absolute Gasteiger partial charge is 0.325 e. The zero-order valence-electron chi connectivity index (χ0n) is 11.9. The molecule has 0 spiro atoms. The van der Waals surface area contributed by atoms with Gasteiger partial charge in [0.05, 0.1) is 5.69 Å². The normalized spacial score (nSPS) is 14.2. The van der Waals surface area contributed by atoms with Gasteiger partial charge in [-0.05, 0) is 31.9 Å². The van der Waals surface area contributed by atoms with E-state index < -0.39 is 0 Å². The molecule has 2 aromatic rings. The molecule has 2 amide bonds. The highest BCUT2D eigenvalue weighted by Crippen LogP contribution is 2.26. The highest BCUT2D eigenvalue weighted by Gasteiger charge is 2.18. The number of rotatable bonds is 3. The van der Waals surface area contributed by atoms with Gasteiger partial charge < -0.3 is 10.2 Å². The van der Waals surface area contributed by atoms with Gasteiger partial charge in [0.2, 0.25) is 0 Å². The van der Waals surface area contributed by atoms with Crippen LogP contribution in [0.5, 0.6) is 0 Å². The van der Waals surface area contributed by atoms with E-state index in [4.69, 9.17) is 0 Å². The second-order valence-electron chi connectivity index (χ2n) is 5.08. The molecule has 3 N–H and O–H groups in total. The Bertz CT molecular complexity index is 632. The number of amides is 2. The van der Waals surface area contributed by atoms with Crippen LogP contribution in [0, 0.1) is 6.92 Å². The van der Waals surface area contributed by atoms with Crippen molar-refractivity contribution in [3.63, 3.8) is 0 Å². The van der Waals surface area contributed by atoms with Crippen molar-refractivity contribution < 1.29 is 4.79 Å². The Morgan fingerprint density at radius 1 is 1.33 bits per heavy atom. The fourth-order valence-corrected chi connectivity index (χ4v) is 2.43. The summed E-state index contributed by atoms with van der Waals surface area (Å²) in [5.74, 6) is 1.32. The molecule has 21 heavy (non-hydrogen) atoms. The molecule has 2 aromatic heterocycles. The van der Waals surface area contributed by atoms with Gasteiger partial charge in [-0.2, -0.15) is 5.10 Å². The van der Waals surface area contributed by atoms with Crippen molar-refractivity contribution in [3.8, 4) is 0 Å². The summed E-state index contributed by atoms with van der Waals surface area (Å²) in [4.78, 5) is 18.6. The molecular formula is C14H18N6O. The van der Waals surface area contributed by atoms with E-state index in [1.54, 1.807) is 12.3 Å². The van der Waals surface area contributed by atoms with Crippen molar-refractivity contribution in [1.29, 1.82) is 0 Å². The summed E-state index contributed by atoms with van der Waals surface area (Å²) in [5, 5.41) is 12.3. The number of nitrogens with one attached hydrogen (secondary N) is 3. The number of aryl methyl sites for hydroxylation is 1. The van der Waals surface area contributed by atoms with Crippen LogP contribution in [-0.4, -0.2) is 34.3 Å². The number of hydrogen-bond acceptors (Lipinski definition) is 4. The Hall–Kier alpha value is -2.57.